The Kier molecular flexibility index (Phi) is 14.6. The molecule has 0 radical (unpaired) electrons. The normalized spacial score (nSPS) is 16.1. The Morgan fingerprint density at radius 3 is 1.55 bits per heavy atom. The molecule has 2 aromatic heterocycles. The van der Waals surface area contributed by atoms with Gasteiger partial charge < -0.3 is 46.5 Å². The molecule has 5 heterocycles. The Balaban J connectivity index is 0.00000672. The number of hydrogen-bond donors (Lipinski definition) is 0. The molecular formula is C56H65B6N4O7Pt-3. The second-order valence-corrected chi connectivity index (χ2v) is 25.0. The number of anilines is 4. The quantitative estimate of drug-likeness (QED) is 0.114. The summed E-state index contributed by atoms with van der Waals surface area (Å²) in [5, 5.41) is 0.656. The molecule has 0 N–H and O–H groups in total. The number of para-hydroxylation sites is 3. The summed E-state index contributed by atoms with van der Waals surface area (Å²) < 4.78 is 50.3. The SMILES string of the molecule is CC(C)(C)B1OB(c2cc(C(C)(C)C)cc(B3OB(C(C)(C)C)OB(C(C)(C)C)O3)c2N2[CH-]N(c3[c-]c(Oc4[c-]c5c(cc4)c4ccccc4n5-c4ccccn4)ccc3)c3ccccc32)OB(C(C)(C)C)O1.[Pt]. The molecule has 0 bridgehead atoms. The minimum Gasteiger partial charge on any atom is -0.509 e. The summed E-state index contributed by atoms with van der Waals surface area (Å²) in [6.07, 6.45) is 1.81. The van der Waals surface area contributed by atoms with Gasteiger partial charge in [0, 0.05) is 72.3 Å². The molecule has 382 valence electrons. The van der Waals surface area contributed by atoms with Crippen LogP contribution in [0.4, 0.5) is 22.7 Å². The van der Waals surface area contributed by atoms with E-state index in [0.29, 0.717) is 11.5 Å². The first-order valence-corrected chi connectivity index (χ1v) is 25.5. The predicted molar refractivity (Wildman–Crippen MR) is 302 cm³/mol. The van der Waals surface area contributed by atoms with E-state index in [0.717, 1.165) is 66.9 Å². The van der Waals surface area contributed by atoms with Crippen molar-refractivity contribution in [1.29, 1.82) is 0 Å². The van der Waals surface area contributed by atoms with Crippen LogP contribution >= 0.6 is 0 Å². The van der Waals surface area contributed by atoms with Crippen LogP contribution in [0.15, 0.2) is 115 Å². The molecule has 0 spiro atoms. The molecule has 2 saturated heterocycles. The summed E-state index contributed by atoms with van der Waals surface area (Å²) in [6.45, 7) is 34.4. The van der Waals surface area contributed by atoms with E-state index in [-0.39, 0.29) is 47.7 Å². The number of hydrogen-bond acceptors (Lipinski definition) is 10. The maximum absolute atomic E-state index is 7.04. The number of ether oxygens (including phenoxy) is 1. The molecule has 0 atom stereocenters. The monoisotopic (exact) mass is 1170 g/mol. The van der Waals surface area contributed by atoms with E-state index in [1.165, 1.54) is 0 Å². The Bertz CT molecular complexity index is 3050. The largest absolute Gasteiger partial charge is 0.509 e. The molecule has 11 nitrogen and oxygen atoms in total. The number of aromatic nitrogens is 2. The van der Waals surface area contributed by atoms with Gasteiger partial charge in [-0.2, -0.15) is 12.1 Å². The molecule has 0 saturated carbocycles. The van der Waals surface area contributed by atoms with E-state index in [1.54, 1.807) is 0 Å². The molecule has 3 aliphatic rings. The zero-order valence-corrected chi connectivity index (χ0v) is 47.7. The fraction of sp³-hybridized carbons (Fsp3) is 0.357. The summed E-state index contributed by atoms with van der Waals surface area (Å²) in [4.78, 5) is 9.07. The van der Waals surface area contributed by atoms with E-state index in [2.05, 4.69) is 198 Å². The van der Waals surface area contributed by atoms with Crippen molar-refractivity contribution in [2.45, 2.75) is 131 Å². The fourth-order valence-electron chi connectivity index (χ4n) is 9.44. The molecule has 10 rings (SSSR count). The zero-order valence-electron chi connectivity index (χ0n) is 45.5. The van der Waals surface area contributed by atoms with Crippen LogP contribution in [0.1, 0.15) is 109 Å². The molecule has 2 fully saturated rings. The van der Waals surface area contributed by atoms with Crippen LogP contribution < -0.4 is 25.5 Å². The Morgan fingerprint density at radius 1 is 0.514 bits per heavy atom. The average Bonchev–Trinajstić information content (AvgIpc) is 3.88. The van der Waals surface area contributed by atoms with Crippen molar-refractivity contribution in [1.82, 2.24) is 9.55 Å². The van der Waals surface area contributed by atoms with E-state index >= 15 is 0 Å². The van der Waals surface area contributed by atoms with Crippen molar-refractivity contribution in [2.75, 3.05) is 9.80 Å². The van der Waals surface area contributed by atoms with Gasteiger partial charge in [-0.25, -0.2) is 4.98 Å². The van der Waals surface area contributed by atoms with Gasteiger partial charge in [0.1, 0.15) is 5.82 Å². The number of fused-ring (bicyclic) bond motifs is 4. The van der Waals surface area contributed by atoms with Gasteiger partial charge in [0.15, 0.2) is 0 Å². The van der Waals surface area contributed by atoms with Crippen LogP contribution in [0, 0.1) is 18.8 Å². The minimum atomic E-state index is -0.849. The average molecular weight is 1170 g/mol. The van der Waals surface area contributed by atoms with Gasteiger partial charge in [0.05, 0.1) is 0 Å². The Morgan fingerprint density at radius 2 is 1.03 bits per heavy atom. The Hall–Kier alpha value is -4.71. The van der Waals surface area contributed by atoms with Crippen molar-refractivity contribution in [3.8, 4) is 17.3 Å². The van der Waals surface area contributed by atoms with Crippen molar-refractivity contribution in [3.63, 3.8) is 0 Å². The van der Waals surface area contributed by atoms with Crippen molar-refractivity contribution < 1.29 is 53.2 Å². The minimum absolute atomic E-state index is 0. The summed E-state index contributed by atoms with van der Waals surface area (Å²) >= 11 is 0. The number of rotatable bonds is 7. The molecule has 18 heteroatoms. The second-order valence-electron chi connectivity index (χ2n) is 25.0. The Labute approximate surface area is 455 Å². The maximum atomic E-state index is 7.04. The first kappa shape index (κ1) is 54.1. The van der Waals surface area contributed by atoms with Gasteiger partial charge in [-0.3, -0.25) is 0 Å². The molecule has 7 aromatic rings. The molecular weight excluding hydrogens is 1100 g/mol. The van der Waals surface area contributed by atoms with Crippen LogP contribution in [-0.2, 0) is 53.9 Å². The van der Waals surface area contributed by atoms with Gasteiger partial charge in [-0.1, -0.05) is 158 Å². The second kappa shape index (κ2) is 20.0. The van der Waals surface area contributed by atoms with Crippen LogP contribution in [-0.4, -0.2) is 52.3 Å². The van der Waals surface area contributed by atoms with E-state index in [4.69, 9.17) is 37.2 Å². The third-order valence-electron chi connectivity index (χ3n) is 13.4. The van der Waals surface area contributed by atoms with Crippen LogP contribution in [0.3, 0.4) is 0 Å². The fourth-order valence-corrected chi connectivity index (χ4v) is 9.44. The van der Waals surface area contributed by atoms with E-state index in [9.17, 15) is 0 Å². The van der Waals surface area contributed by atoms with Gasteiger partial charge in [0.2, 0.25) is 0 Å². The predicted octanol–water partition coefficient (Wildman–Crippen LogP) is 12.9. The first-order chi connectivity index (χ1) is 34.3. The van der Waals surface area contributed by atoms with Gasteiger partial charge >= 0.3 is 42.7 Å². The van der Waals surface area contributed by atoms with Gasteiger partial charge in [0.25, 0.3) is 0 Å². The topological polar surface area (TPSA) is 88.9 Å². The molecule has 0 aliphatic carbocycles. The molecule has 74 heavy (non-hydrogen) atoms. The van der Waals surface area contributed by atoms with Gasteiger partial charge in [-0.05, 0) is 68.0 Å². The summed E-state index contributed by atoms with van der Waals surface area (Å²) in [5.74, 6) is 1.89. The van der Waals surface area contributed by atoms with E-state index in [1.807, 2.05) is 54.7 Å². The first-order valence-electron chi connectivity index (χ1n) is 25.5. The summed E-state index contributed by atoms with van der Waals surface area (Å²) in [6, 6.07) is 44.3. The van der Waals surface area contributed by atoms with Crippen molar-refractivity contribution in [3.05, 3.63) is 140 Å². The molecule has 0 amide bonds. The third-order valence-corrected chi connectivity index (χ3v) is 13.4. The summed E-state index contributed by atoms with van der Waals surface area (Å²) in [5.41, 5.74) is 7.74. The van der Waals surface area contributed by atoms with Crippen LogP contribution in [0.2, 0.25) is 21.3 Å². The van der Waals surface area contributed by atoms with Crippen LogP contribution in [0.5, 0.6) is 11.5 Å². The number of pyridine rings is 1. The van der Waals surface area contributed by atoms with Crippen molar-refractivity contribution in [2.24, 2.45) is 0 Å². The maximum Gasteiger partial charge on any atom is 0.468 e. The van der Waals surface area contributed by atoms with E-state index < -0.39 is 42.7 Å². The zero-order chi connectivity index (χ0) is 52.0. The van der Waals surface area contributed by atoms with Gasteiger partial charge in [-0.15, -0.1) is 48.1 Å². The molecule has 0 unspecified atom stereocenters. The molecule has 3 aliphatic heterocycles. The third kappa shape index (κ3) is 10.7. The van der Waals surface area contributed by atoms with Crippen molar-refractivity contribution >= 4 is 98.2 Å². The summed E-state index contributed by atoms with van der Waals surface area (Å²) in [7, 11) is -4.05. The smallest absolute Gasteiger partial charge is 0.468 e. The molecule has 5 aromatic carbocycles. The van der Waals surface area contributed by atoms with Crippen LogP contribution in [0.25, 0.3) is 27.6 Å². The number of nitrogens with zero attached hydrogens (tertiary/aromatic N) is 4. The number of benzene rings is 5. The standard InChI is InChI=1S/C56H65B6N4O7.Pt/c1-52(2,3)38-33-44(57-68-59(53(4,5)6)72-60(69-57)54(7,8)9)51(45(34-38)58-70-61(55(10,11)12)73-62(71-58)56(13,14)15)65-37-64(47-27-18-19-28-48(47)65)39-23-22-24-40(35-39)67-41-30-31-43-42-25-16-17-26-46(42)66(49(43)36-41)50-29-20-21-32-63-50;/h16-34,37H,1-15H3;/q-3;.